The molecule has 0 N–H and O–H groups in total. The van der Waals surface area contributed by atoms with Crippen molar-refractivity contribution < 1.29 is 4.42 Å². The Morgan fingerprint density at radius 2 is 1.02 bits per heavy atom. The Balaban J connectivity index is 0.923. The molecule has 0 aliphatic heterocycles. The van der Waals surface area contributed by atoms with Crippen molar-refractivity contribution in [2.45, 2.75) is 0 Å². The van der Waals surface area contributed by atoms with Gasteiger partial charge in [-0.1, -0.05) is 140 Å². The molecule has 5 aromatic heterocycles. The van der Waals surface area contributed by atoms with Crippen LogP contribution in [0, 0.1) is 0 Å². The van der Waals surface area contributed by atoms with E-state index in [1.54, 1.807) is 6.33 Å². The quantitative estimate of drug-likeness (QED) is 0.166. The summed E-state index contributed by atoms with van der Waals surface area (Å²) in [5, 5.41) is 5.56. The molecule has 0 spiro atoms. The number of nitrogens with zero attached hydrogens (tertiary/aromatic N) is 7. The minimum atomic E-state index is 0.515. The monoisotopic (exact) mass is 769 g/mol. The van der Waals surface area contributed by atoms with Crippen molar-refractivity contribution in [1.29, 1.82) is 0 Å². The molecule has 0 atom stereocenters. The topological polar surface area (TPSA) is 95.4 Å². The first-order valence-corrected chi connectivity index (χ1v) is 19.8. The Bertz CT molecular complexity index is 3560. The van der Waals surface area contributed by atoms with Crippen LogP contribution < -0.4 is 0 Å². The summed E-state index contributed by atoms with van der Waals surface area (Å²) in [5.74, 6) is 1.78. The number of aromatic nitrogens is 7. The van der Waals surface area contributed by atoms with Gasteiger partial charge in [-0.2, -0.15) is 0 Å². The summed E-state index contributed by atoms with van der Waals surface area (Å²) in [7, 11) is 0. The highest BCUT2D eigenvalue weighted by atomic mass is 16.3. The Labute approximate surface area is 343 Å². The Morgan fingerprint density at radius 1 is 0.400 bits per heavy atom. The van der Waals surface area contributed by atoms with E-state index < -0.39 is 0 Å². The molecule has 12 rings (SSSR count). The van der Waals surface area contributed by atoms with Crippen LogP contribution in [0.1, 0.15) is 0 Å². The van der Waals surface area contributed by atoms with Crippen molar-refractivity contribution in [1.82, 2.24) is 34.5 Å². The van der Waals surface area contributed by atoms with Crippen LogP contribution in [0.4, 0.5) is 0 Å². The number of pyridine rings is 1. The zero-order chi connectivity index (χ0) is 39.6. The third-order valence-corrected chi connectivity index (χ3v) is 11.2. The molecule has 0 unspecified atom stereocenters. The van der Waals surface area contributed by atoms with E-state index in [1.807, 2.05) is 48.7 Å². The molecule has 280 valence electrons. The van der Waals surface area contributed by atoms with Gasteiger partial charge >= 0.3 is 0 Å². The molecule has 0 saturated carbocycles. The summed E-state index contributed by atoms with van der Waals surface area (Å²) >= 11 is 0. The van der Waals surface area contributed by atoms with E-state index in [-0.39, 0.29) is 0 Å². The van der Waals surface area contributed by atoms with Gasteiger partial charge in [0.15, 0.2) is 23.1 Å². The molecule has 60 heavy (non-hydrogen) atoms. The average Bonchev–Trinajstić information content (AvgIpc) is 3.87. The van der Waals surface area contributed by atoms with E-state index >= 15 is 0 Å². The van der Waals surface area contributed by atoms with Gasteiger partial charge in [0.25, 0.3) is 0 Å². The van der Waals surface area contributed by atoms with Gasteiger partial charge in [0, 0.05) is 50.5 Å². The molecule has 8 heteroatoms. The van der Waals surface area contributed by atoms with E-state index in [1.165, 1.54) is 16.2 Å². The molecule has 0 aliphatic carbocycles. The number of rotatable bonds is 6. The van der Waals surface area contributed by atoms with Crippen LogP contribution in [0.25, 0.3) is 117 Å². The highest BCUT2D eigenvalue weighted by Crippen LogP contribution is 2.37. The van der Waals surface area contributed by atoms with E-state index in [0.717, 1.165) is 72.1 Å². The van der Waals surface area contributed by atoms with E-state index in [9.17, 15) is 0 Å². The largest absolute Gasteiger partial charge is 0.434 e. The van der Waals surface area contributed by atoms with Crippen LogP contribution >= 0.6 is 0 Å². The van der Waals surface area contributed by atoms with E-state index in [2.05, 4.69) is 148 Å². The minimum absolute atomic E-state index is 0.515. The third kappa shape index (κ3) is 5.61. The molecule has 0 radical (unpaired) electrons. The van der Waals surface area contributed by atoms with Crippen molar-refractivity contribution in [2.75, 3.05) is 0 Å². The Hall–Kier alpha value is -8.36. The fourth-order valence-electron chi connectivity index (χ4n) is 8.31. The van der Waals surface area contributed by atoms with Gasteiger partial charge in [-0.15, -0.1) is 0 Å². The third-order valence-electron chi connectivity index (χ3n) is 11.2. The highest BCUT2D eigenvalue weighted by molar-refractivity contribution is 6.09. The van der Waals surface area contributed by atoms with Gasteiger partial charge in [-0.3, -0.25) is 0 Å². The maximum absolute atomic E-state index is 6.32. The molecule has 12 aromatic rings. The number of hydrogen-bond donors (Lipinski definition) is 0. The van der Waals surface area contributed by atoms with Crippen LogP contribution in [0.3, 0.4) is 0 Å². The van der Waals surface area contributed by atoms with Gasteiger partial charge < -0.3 is 8.98 Å². The van der Waals surface area contributed by atoms with Crippen LogP contribution in [0.2, 0.25) is 0 Å². The lowest BCUT2D eigenvalue weighted by atomic mass is 10.0. The van der Waals surface area contributed by atoms with Crippen LogP contribution in [0.15, 0.2) is 193 Å². The Kier molecular flexibility index (Phi) is 7.67. The fraction of sp³-hybridized carbons (Fsp3) is 0. The molecule has 0 saturated heterocycles. The maximum atomic E-state index is 6.32. The first-order chi connectivity index (χ1) is 29.7. The van der Waals surface area contributed by atoms with Crippen molar-refractivity contribution in [2.24, 2.45) is 0 Å². The summed E-state index contributed by atoms with van der Waals surface area (Å²) in [6, 6.07) is 60.5. The second kappa shape index (κ2) is 13.6. The summed E-state index contributed by atoms with van der Waals surface area (Å²) < 4.78 is 8.63. The summed E-state index contributed by atoms with van der Waals surface area (Å²) in [6.45, 7) is 0. The first kappa shape index (κ1) is 33.7. The molecule has 0 fully saturated rings. The van der Waals surface area contributed by atoms with Gasteiger partial charge in [-0.25, -0.2) is 29.9 Å². The first-order valence-electron chi connectivity index (χ1n) is 19.8. The van der Waals surface area contributed by atoms with Crippen molar-refractivity contribution in [3.63, 3.8) is 0 Å². The molecular weight excluding hydrogens is 739 g/mol. The number of hydrogen-bond acceptors (Lipinski definition) is 7. The van der Waals surface area contributed by atoms with Crippen LogP contribution in [-0.2, 0) is 0 Å². The SMILES string of the molecule is c1ccc(-c2nc(-c3ccc(-c4cnc5oc6c(-c7ccc8ccccc8c7)ncnc6c5c4)cc3)nc(-c3cccc(-n4c5ccccc5c5ccccc54)c3)n2)cc1. The van der Waals surface area contributed by atoms with Gasteiger partial charge in [0.1, 0.15) is 17.5 Å². The number of para-hydroxylation sites is 2. The van der Waals surface area contributed by atoms with Crippen molar-refractivity contribution >= 4 is 54.8 Å². The van der Waals surface area contributed by atoms with Crippen molar-refractivity contribution in [3.8, 4) is 62.2 Å². The van der Waals surface area contributed by atoms with Gasteiger partial charge in [0.2, 0.25) is 5.71 Å². The lowest BCUT2D eigenvalue weighted by Crippen LogP contribution is -2.01. The number of benzene rings is 7. The molecule has 0 bridgehead atoms. The molecule has 0 aliphatic rings. The summed E-state index contributed by atoms with van der Waals surface area (Å²) in [4.78, 5) is 29.2. The smallest absolute Gasteiger partial charge is 0.229 e. The average molecular weight is 770 g/mol. The van der Waals surface area contributed by atoms with Crippen LogP contribution in [0.5, 0.6) is 0 Å². The lowest BCUT2D eigenvalue weighted by molar-refractivity contribution is 0.652. The van der Waals surface area contributed by atoms with Crippen LogP contribution in [-0.4, -0.2) is 34.5 Å². The molecule has 8 nitrogen and oxygen atoms in total. The molecule has 5 heterocycles. The lowest BCUT2D eigenvalue weighted by Gasteiger charge is -2.12. The number of fused-ring (bicyclic) bond motifs is 7. The predicted molar refractivity (Wildman–Crippen MR) is 240 cm³/mol. The zero-order valence-electron chi connectivity index (χ0n) is 31.9. The fourth-order valence-corrected chi connectivity index (χ4v) is 8.31. The molecule has 7 aromatic carbocycles. The summed E-state index contributed by atoms with van der Waals surface area (Å²) in [5.41, 5.74) is 11.5. The zero-order valence-corrected chi connectivity index (χ0v) is 31.9. The standard InChI is InChI=1S/C52H31N7O/c1-2-12-34(13-3-1)49-56-50(58-51(57-49)38-15-10-16-40(28-38)59-44-19-8-6-17-41(44)42-18-7-9-20-45(42)59)35-24-21-33(22-25-35)39-29-43-47-48(60-52(43)53-30-39)46(54-31-55-47)37-26-23-32-11-4-5-14-36(32)27-37/h1-31H. The van der Waals surface area contributed by atoms with E-state index in [0.29, 0.717) is 28.8 Å². The Morgan fingerprint density at radius 3 is 1.78 bits per heavy atom. The van der Waals surface area contributed by atoms with E-state index in [4.69, 9.17) is 24.4 Å². The highest BCUT2D eigenvalue weighted by Gasteiger charge is 2.19. The second-order valence-electron chi connectivity index (χ2n) is 14.8. The van der Waals surface area contributed by atoms with Crippen molar-refractivity contribution in [3.05, 3.63) is 188 Å². The number of furan rings is 1. The normalized spacial score (nSPS) is 11.7. The maximum Gasteiger partial charge on any atom is 0.229 e. The summed E-state index contributed by atoms with van der Waals surface area (Å²) in [6.07, 6.45) is 3.43. The van der Waals surface area contributed by atoms with Gasteiger partial charge in [-0.05, 0) is 52.7 Å². The second-order valence-corrected chi connectivity index (χ2v) is 14.8. The minimum Gasteiger partial charge on any atom is -0.434 e. The molecule has 0 amide bonds. The van der Waals surface area contributed by atoms with Gasteiger partial charge in [0.05, 0.1) is 16.4 Å². The predicted octanol–water partition coefficient (Wildman–Crippen LogP) is 12.5. The molecular formula is C52H31N7O.